The first kappa shape index (κ1) is 18.0. The minimum absolute atomic E-state index is 0.704. The molecule has 1 N–H and O–H groups in total. The molecule has 0 aromatic rings. The maximum atomic E-state index is 3.70. The highest BCUT2D eigenvalue weighted by Crippen LogP contribution is 2.16. The summed E-state index contributed by atoms with van der Waals surface area (Å²) in [5, 5.41) is 3.70. The Morgan fingerprint density at radius 3 is 2.65 bits per heavy atom. The Labute approximate surface area is 127 Å². The molecule has 2 heteroatoms. The Morgan fingerprint density at radius 2 is 1.90 bits per heavy atom. The van der Waals surface area contributed by atoms with E-state index < -0.39 is 0 Å². The van der Waals surface area contributed by atoms with E-state index in [9.17, 15) is 0 Å². The van der Waals surface area contributed by atoms with E-state index in [0.29, 0.717) is 6.04 Å². The van der Waals surface area contributed by atoms with E-state index in [1.54, 1.807) is 0 Å². The first-order valence-corrected chi connectivity index (χ1v) is 9.21. The summed E-state index contributed by atoms with van der Waals surface area (Å²) in [5.41, 5.74) is 0. The van der Waals surface area contributed by atoms with Gasteiger partial charge < -0.3 is 10.2 Å². The van der Waals surface area contributed by atoms with E-state index in [-0.39, 0.29) is 0 Å². The molecule has 20 heavy (non-hydrogen) atoms. The fourth-order valence-corrected chi connectivity index (χ4v) is 3.28. The van der Waals surface area contributed by atoms with Crippen LogP contribution in [0.3, 0.4) is 0 Å². The quantitative estimate of drug-likeness (QED) is 0.558. The Kier molecular flexibility index (Phi) is 10.4. The van der Waals surface area contributed by atoms with Gasteiger partial charge >= 0.3 is 0 Å². The molecule has 0 aromatic heterocycles. The monoisotopic (exact) mass is 282 g/mol. The normalized spacial score (nSPS) is 22.1. The smallest absolute Gasteiger partial charge is 0.00669 e. The van der Waals surface area contributed by atoms with Crippen LogP contribution in [0.1, 0.15) is 85.0 Å². The fourth-order valence-electron chi connectivity index (χ4n) is 3.28. The first-order valence-electron chi connectivity index (χ1n) is 9.21. The van der Waals surface area contributed by atoms with Gasteiger partial charge in [-0.3, -0.25) is 0 Å². The second-order valence-electron chi connectivity index (χ2n) is 6.79. The lowest BCUT2D eigenvalue weighted by Gasteiger charge is -2.33. The molecule has 1 rings (SSSR count). The van der Waals surface area contributed by atoms with Crippen LogP contribution in [0.15, 0.2) is 0 Å². The molecule has 1 saturated heterocycles. The van der Waals surface area contributed by atoms with Crippen molar-refractivity contribution in [3.05, 3.63) is 0 Å². The standard InChI is InChI=1S/C18H38N2/c1-4-5-6-7-8-12-17(2)19-14-11-16-20-15-10-9-13-18(20)3/h17-19H,4-16H2,1-3H3. The van der Waals surface area contributed by atoms with Crippen LogP contribution in [-0.4, -0.2) is 36.6 Å². The summed E-state index contributed by atoms with van der Waals surface area (Å²) in [5.74, 6) is 0. The summed E-state index contributed by atoms with van der Waals surface area (Å²) >= 11 is 0. The maximum Gasteiger partial charge on any atom is 0.00669 e. The lowest BCUT2D eigenvalue weighted by atomic mass is 10.0. The zero-order valence-corrected chi connectivity index (χ0v) is 14.3. The van der Waals surface area contributed by atoms with Crippen molar-refractivity contribution in [2.75, 3.05) is 19.6 Å². The van der Waals surface area contributed by atoms with Crippen LogP contribution in [0.4, 0.5) is 0 Å². The second kappa shape index (κ2) is 11.6. The molecule has 2 atom stereocenters. The Morgan fingerprint density at radius 1 is 1.10 bits per heavy atom. The van der Waals surface area contributed by atoms with Gasteiger partial charge in [-0.05, 0) is 59.2 Å². The highest BCUT2D eigenvalue weighted by molar-refractivity contribution is 4.73. The van der Waals surface area contributed by atoms with E-state index in [1.165, 1.54) is 83.8 Å². The molecule has 1 aliphatic heterocycles. The van der Waals surface area contributed by atoms with Crippen molar-refractivity contribution in [3.8, 4) is 0 Å². The third kappa shape index (κ3) is 8.26. The number of piperidine rings is 1. The topological polar surface area (TPSA) is 15.3 Å². The molecule has 0 saturated carbocycles. The second-order valence-corrected chi connectivity index (χ2v) is 6.79. The highest BCUT2D eigenvalue weighted by Gasteiger charge is 2.17. The van der Waals surface area contributed by atoms with Crippen LogP contribution in [0.25, 0.3) is 0 Å². The van der Waals surface area contributed by atoms with Crippen LogP contribution >= 0.6 is 0 Å². The largest absolute Gasteiger partial charge is 0.314 e. The molecule has 2 nitrogen and oxygen atoms in total. The molecule has 0 aliphatic carbocycles. The number of unbranched alkanes of at least 4 members (excludes halogenated alkanes) is 4. The molecular formula is C18H38N2. The van der Waals surface area contributed by atoms with Crippen molar-refractivity contribution < 1.29 is 0 Å². The Balaban J connectivity index is 1.92. The van der Waals surface area contributed by atoms with E-state index >= 15 is 0 Å². The van der Waals surface area contributed by atoms with Crippen LogP contribution < -0.4 is 5.32 Å². The molecule has 0 radical (unpaired) electrons. The summed E-state index contributed by atoms with van der Waals surface area (Å²) in [4.78, 5) is 2.68. The zero-order valence-electron chi connectivity index (χ0n) is 14.3. The zero-order chi connectivity index (χ0) is 14.6. The van der Waals surface area contributed by atoms with Crippen molar-refractivity contribution >= 4 is 0 Å². The van der Waals surface area contributed by atoms with Gasteiger partial charge in [-0.25, -0.2) is 0 Å². The molecule has 0 spiro atoms. The Hall–Kier alpha value is -0.0800. The lowest BCUT2D eigenvalue weighted by molar-refractivity contribution is 0.158. The number of likely N-dealkylation sites (tertiary alicyclic amines) is 1. The van der Waals surface area contributed by atoms with Gasteiger partial charge in [0, 0.05) is 12.1 Å². The molecular weight excluding hydrogens is 244 g/mol. The first-order chi connectivity index (χ1) is 9.74. The van der Waals surface area contributed by atoms with Crippen LogP contribution in [0, 0.1) is 0 Å². The van der Waals surface area contributed by atoms with Crippen molar-refractivity contribution in [2.45, 2.75) is 97.1 Å². The number of rotatable bonds is 11. The van der Waals surface area contributed by atoms with Gasteiger partial charge in [-0.2, -0.15) is 0 Å². The molecule has 120 valence electrons. The summed E-state index contributed by atoms with van der Waals surface area (Å²) < 4.78 is 0. The molecule has 1 fully saturated rings. The van der Waals surface area contributed by atoms with Crippen molar-refractivity contribution in [1.29, 1.82) is 0 Å². The van der Waals surface area contributed by atoms with Gasteiger partial charge in [-0.1, -0.05) is 45.4 Å². The van der Waals surface area contributed by atoms with Crippen LogP contribution in [0.5, 0.6) is 0 Å². The van der Waals surface area contributed by atoms with Gasteiger partial charge in [0.25, 0.3) is 0 Å². The highest BCUT2D eigenvalue weighted by atomic mass is 15.2. The van der Waals surface area contributed by atoms with Crippen molar-refractivity contribution in [3.63, 3.8) is 0 Å². The van der Waals surface area contributed by atoms with Crippen molar-refractivity contribution in [2.24, 2.45) is 0 Å². The summed E-state index contributed by atoms with van der Waals surface area (Å²) in [6, 6.07) is 1.52. The van der Waals surface area contributed by atoms with Gasteiger partial charge in [0.1, 0.15) is 0 Å². The summed E-state index contributed by atoms with van der Waals surface area (Å²) in [6.45, 7) is 10.8. The maximum absolute atomic E-state index is 3.70. The molecule has 0 amide bonds. The van der Waals surface area contributed by atoms with Gasteiger partial charge in [-0.15, -0.1) is 0 Å². The van der Waals surface area contributed by atoms with Crippen LogP contribution in [-0.2, 0) is 0 Å². The van der Waals surface area contributed by atoms with Gasteiger partial charge in [0.15, 0.2) is 0 Å². The van der Waals surface area contributed by atoms with E-state index in [4.69, 9.17) is 0 Å². The van der Waals surface area contributed by atoms with Gasteiger partial charge in [0.05, 0.1) is 0 Å². The molecule has 0 aromatic carbocycles. The number of hydrogen-bond donors (Lipinski definition) is 1. The molecule has 2 unspecified atom stereocenters. The number of nitrogens with zero attached hydrogens (tertiary/aromatic N) is 1. The third-order valence-corrected chi connectivity index (χ3v) is 4.80. The summed E-state index contributed by atoms with van der Waals surface area (Å²) in [6.07, 6.45) is 13.9. The molecule has 1 aliphatic rings. The Bertz CT molecular complexity index is 217. The third-order valence-electron chi connectivity index (χ3n) is 4.80. The minimum Gasteiger partial charge on any atom is -0.314 e. The fraction of sp³-hybridized carbons (Fsp3) is 1.00. The predicted octanol–water partition coefficient (Wildman–Crippen LogP) is 4.59. The lowest BCUT2D eigenvalue weighted by Crippen LogP contribution is -2.39. The van der Waals surface area contributed by atoms with E-state index in [0.717, 1.165) is 6.04 Å². The van der Waals surface area contributed by atoms with Crippen molar-refractivity contribution in [1.82, 2.24) is 10.2 Å². The average molecular weight is 283 g/mol. The molecule has 0 bridgehead atoms. The van der Waals surface area contributed by atoms with E-state index in [2.05, 4.69) is 31.0 Å². The number of hydrogen-bond acceptors (Lipinski definition) is 2. The molecule has 1 heterocycles. The minimum atomic E-state index is 0.704. The summed E-state index contributed by atoms with van der Waals surface area (Å²) in [7, 11) is 0. The van der Waals surface area contributed by atoms with Crippen LogP contribution in [0.2, 0.25) is 0 Å². The SMILES string of the molecule is CCCCCCCC(C)NCCCN1CCCCC1C. The number of nitrogens with one attached hydrogen (secondary N) is 1. The average Bonchev–Trinajstić information content (AvgIpc) is 2.45. The van der Waals surface area contributed by atoms with E-state index in [1.807, 2.05) is 0 Å². The predicted molar refractivity (Wildman–Crippen MR) is 90.3 cm³/mol. The van der Waals surface area contributed by atoms with Gasteiger partial charge in [0.2, 0.25) is 0 Å².